The van der Waals surface area contributed by atoms with Gasteiger partial charge < -0.3 is 14.4 Å². The highest BCUT2D eigenvalue weighted by molar-refractivity contribution is 6.09. The minimum Gasteiger partial charge on any atom is -0.469 e. The van der Waals surface area contributed by atoms with Crippen LogP contribution in [0.3, 0.4) is 0 Å². The molecule has 7 heteroatoms. The number of likely N-dealkylation sites (tertiary alicyclic amines) is 1. The van der Waals surface area contributed by atoms with Gasteiger partial charge in [0.1, 0.15) is 0 Å². The molecule has 2 aromatic carbocycles. The number of amides is 1. The van der Waals surface area contributed by atoms with Gasteiger partial charge in [0.05, 0.1) is 18.6 Å². The third-order valence-corrected chi connectivity index (χ3v) is 5.13. The molecule has 0 radical (unpaired) electrons. The van der Waals surface area contributed by atoms with E-state index in [-0.39, 0.29) is 35.7 Å². The fourth-order valence-corrected chi connectivity index (χ4v) is 3.35. The maximum atomic E-state index is 12.4. The predicted molar refractivity (Wildman–Crippen MR) is 108 cm³/mol. The summed E-state index contributed by atoms with van der Waals surface area (Å²) in [6.07, 6.45) is 1.06. The van der Waals surface area contributed by atoms with Gasteiger partial charge >= 0.3 is 11.9 Å². The van der Waals surface area contributed by atoms with Crippen LogP contribution in [0.1, 0.15) is 39.1 Å². The van der Waals surface area contributed by atoms with Crippen molar-refractivity contribution < 1.29 is 28.7 Å². The van der Waals surface area contributed by atoms with E-state index in [2.05, 4.69) is 0 Å². The molecule has 3 rings (SSSR count). The molecule has 0 aromatic heterocycles. The summed E-state index contributed by atoms with van der Waals surface area (Å²) in [4.78, 5) is 50.0. The molecule has 1 amide bonds. The topological polar surface area (TPSA) is 90.0 Å². The largest absolute Gasteiger partial charge is 0.469 e. The molecule has 0 unspecified atom stereocenters. The van der Waals surface area contributed by atoms with Gasteiger partial charge in [-0.25, -0.2) is 4.79 Å². The Hall–Kier alpha value is -3.48. The van der Waals surface area contributed by atoms with Crippen molar-refractivity contribution in [1.82, 2.24) is 4.90 Å². The molecule has 2 aromatic rings. The molecule has 0 N–H and O–H groups in total. The fourth-order valence-electron chi connectivity index (χ4n) is 3.35. The van der Waals surface area contributed by atoms with E-state index >= 15 is 0 Å². The van der Waals surface area contributed by atoms with Gasteiger partial charge in [-0.15, -0.1) is 0 Å². The van der Waals surface area contributed by atoms with E-state index in [4.69, 9.17) is 9.47 Å². The molecule has 1 heterocycles. The van der Waals surface area contributed by atoms with Crippen LogP contribution < -0.4 is 0 Å². The Morgan fingerprint density at radius 3 is 2.03 bits per heavy atom. The van der Waals surface area contributed by atoms with E-state index in [1.807, 2.05) is 6.07 Å². The van der Waals surface area contributed by atoms with Crippen LogP contribution in [0.25, 0.3) is 0 Å². The van der Waals surface area contributed by atoms with Crippen LogP contribution in [0, 0.1) is 5.92 Å². The minimum absolute atomic E-state index is 0.138. The zero-order valence-electron chi connectivity index (χ0n) is 16.7. The zero-order valence-corrected chi connectivity index (χ0v) is 16.7. The normalized spacial score (nSPS) is 14.1. The lowest BCUT2D eigenvalue weighted by atomic mass is 9.97. The highest BCUT2D eigenvalue weighted by Gasteiger charge is 2.28. The van der Waals surface area contributed by atoms with Crippen molar-refractivity contribution in [2.45, 2.75) is 12.8 Å². The van der Waals surface area contributed by atoms with Crippen molar-refractivity contribution in [2.75, 3.05) is 26.8 Å². The first kappa shape index (κ1) is 21.2. The highest BCUT2D eigenvalue weighted by Crippen LogP contribution is 2.18. The first-order valence-corrected chi connectivity index (χ1v) is 9.72. The molecule has 0 bridgehead atoms. The van der Waals surface area contributed by atoms with E-state index < -0.39 is 5.97 Å². The summed E-state index contributed by atoms with van der Waals surface area (Å²) in [5.74, 6) is -1.53. The van der Waals surface area contributed by atoms with Crippen LogP contribution in [0.15, 0.2) is 54.6 Å². The summed E-state index contributed by atoms with van der Waals surface area (Å²) in [6, 6.07) is 15.0. The first-order valence-electron chi connectivity index (χ1n) is 9.72. The molecular formula is C23H23NO6. The van der Waals surface area contributed by atoms with E-state index in [1.54, 1.807) is 41.3 Å². The van der Waals surface area contributed by atoms with Gasteiger partial charge in [-0.05, 0) is 25.0 Å². The molecule has 0 aliphatic carbocycles. The minimum atomic E-state index is -0.633. The molecule has 156 valence electrons. The van der Waals surface area contributed by atoms with Gasteiger partial charge in [-0.3, -0.25) is 14.4 Å². The summed E-state index contributed by atoms with van der Waals surface area (Å²) < 4.78 is 9.85. The third kappa shape index (κ3) is 5.11. The van der Waals surface area contributed by atoms with Crippen LogP contribution in [0.2, 0.25) is 0 Å². The van der Waals surface area contributed by atoms with Crippen LogP contribution in [-0.4, -0.2) is 55.3 Å². The number of nitrogens with zero attached hydrogens (tertiary/aromatic N) is 1. The summed E-state index contributed by atoms with van der Waals surface area (Å²) in [5.41, 5.74) is 1.29. The van der Waals surface area contributed by atoms with Gasteiger partial charge in [0, 0.05) is 24.2 Å². The summed E-state index contributed by atoms with van der Waals surface area (Å²) in [5, 5.41) is 0. The Bertz CT molecular complexity index is 914. The van der Waals surface area contributed by atoms with Crippen molar-refractivity contribution in [2.24, 2.45) is 5.92 Å². The predicted octanol–water partition coefficient (Wildman–Crippen LogP) is 2.49. The van der Waals surface area contributed by atoms with Gasteiger partial charge in [0.15, 0.2) is 12.4 Å². The second kappa shape index (κ2) is 9.82. The van der Waals surface area contributed by atoms with E-state index in [0.29, 0.717) is 37.1 Å². The monoisotopic (exact) mass is 409 g/mol. The molecule has 1 aliphatic heterocycles. The van der Waals surface area contributed by atoms with Crippen LogP contribution >= 0.6 is 0 Å². The molecule has 1 fully saturated rings. The lowest BCUT2D eigenvalue weighted by Gasteiger charge is -2.30. The number of hydrogen-bond acceptors (Lipinski definition) is 6. The number of carbonyl (C=O) groups excluding carboxylic acids is 4. The smallest absolute Gasteiger partial charge is 0.338 e. The number of methoxy groups -OCH3 is 1. The second-order valence-corrected chi connectivity index (χ2v) is 7.03. The molecule has 30 heavy (non-hydrogen) atoms. The summed E-state index contributed by atoms with van der Waals surface area (Å²) >= 11 is 0. The molecule has 7 nitrogen and oxygen atoms in total. The average molecular weight is 409 g/mol. The SMILES string of the molecule is COC(=O)C1CCN(C(=O)COC(=O)c2ccc(C(=O)c3ccccc3)cc2)CC1. The average Bonchev–Trinajstić information content (AvgIpc) is 2.82. The molecular weight excluding hydrogens is 386 g/mol. The van der Waals surface area contributed by atoms with Crippen molar-refractivity contribution in [1.29, 1.82) is 0 Å². The number of hydrogen-bond donors (Lipinski definition) is 0. The van der Waals surface area contributed by atoms with E-state index in [0.717, 1.165) is 0 Å². The Balaban J connectivity index is 1.50. The lowest BCUT2D eigenvalue weighted by molar-refractivity contribution is -0.149. The molecule has 0 spiro atoms. The second-order valence-electron chi connectivity index (χ2n) is 7.03. The number of rotatable bonds is 6. The van der Waals surface area contributed by atoms with Crippen molar-refractivity contribution >= 4 is 23.6 Å². The number of benzene rings is 2. The number of ketones is 1. The summed E-state index contributed by atoms with van der Waals surface area (Å²) in [7, 11) is 1.35. The van der Waals surface area contributed by atoms with Crippen molar-refractivity contribution in [3.63, 3.8) is 0 Å². The van der Waals surface area contributed by atoms with Crippen LogP contribution in [-0.2, 0) is 19.1 Å². The zero-order chi connectivity index (χ0) is 21.5. The summed E-state index contributed by atoms with van der Waals surface area (Å²) in [6.45, 7) is 0.477. The van der Waals surface area contributed by atoms with E-state index in [9.17, 15) is 19.2 Å². The quantitative estimate of drug-likeness (QED) is 0.538. The van der Waals surface area contributed by atoms with Crippen molar-refractivity contribution in [3.8, 4) is 0 Å². The Morgan fingerprint density at radius 2 is 1.43 bits per heavy atom. The number of piperidine rings is 1. The molecule has 1 aliphatic rings. The molecule has 0 saturated carbocycles. The number of carbonyl (C=O) groups is 4. The Labute approximate surface area is 174 Å². The van der Waals surface area contributed by atoms with Gasteiger partial charge in [0.2, 0.25) is 0 Å². The highest BCUT2D eigenvalue weighted by atomic mass is 16.5. The van der Waals surface area contributed by atoms with Crippen LogP contribution in [0.4, 0.5) is 0 Å². The maximum absolute atomic E-state index is 12.4. The Kier molecular flexibility index (Phi) is 6.95. The third-order valence-electron chi connectivity index (χ3n) is 5.13. The Morgan fingerprint density at radius 1 is 0.867 bits per heavy atom. The van der Waals surface area contributed by atoms with E-state index in [1.165, 1.54) is 19.2 Å². The van der Waals surface area contributed by atoms with Gasteiger partial charge in [-0.2, -0.15) is 0 Å². The van der Waals surface area contributed by atoms with Crippen molar-refractivity contribution in [3.05, 3.63) is 71.3 Å². The molecule has 0 atom stereocenters. The van der Waals surface area contributed by atoms with Crippen LogP contribution in [0.5, 0.6) is 0 Å². The fraction of sp³-hybridized carbons (Fsp3) is 0.304. The van der Waals surface area contributed by atoms with Gasteiger partial charge in [-0.1, -0.05) is 42.5 Å². The standard InChI is InChI=1S/C23H23NO6/c1-29-22(27)19-11-13-24(14-12-19)20(25)15-30-23(28)18-9-7-17(8-10-18)21(26)16-5-3-2-4-6-16/h2-10,19H,11-15H2,1H3. The van der Waals surface area contributed by atoms with Gasteiger partial charge in [0.25, 0.3) is 5.91 Å². The first-order chi connectivity index (χ1) is 14.5. The lowest BCUT2D eigenvalue weighted by Crippen LogP contribution is -2.42. The maximum Gasteiger partial charge on any atom is 0.338 e. The number of esters is 2. The molecule has 1 saturated heterocycles. The number of ether oxygens (including phenoxy) is 2.